The molecule has 3 aromatic rings. The predicted molar refractivity (Wildman–Crippen MR) is 123 cm³/mol. The van der Waals surface area contributed by atoms with E-state index in [4.69, 9.17) is 28.2 Å². The summed E-state index contributed by atoms with van der Waals surface area (Å²) >= 11 is 12.5. The predicted octanol–water partition coefficient (Wildman–Crippen LogP) is 5.07. The highest BCUT2D eigenvalue weighted by atomic mass is 35.5. The lowest BCUT2D eigenvalue weighted by molar-refractivity contribution is -0.121. The molecule has 0 saturated carbocycles. The molecular formula is C24H21Cl2N5O. The Morgan fingerprint density at radius 2 is 2.06 bits per heavy atom. The molecule has 0 bridgehead atoms. The van der Waals surface area contributed by atoms with E-state index >= 15 is 0 Å². The van der Waals surface area contributed by atoms with Gasteiger partial charge in [0.05, 0.1) is 33.2 Å². The molecule has 0 unspecified atom stereocenters. The van der Waals surface area contributed by atoms with Crippen LogP contribution in [-0.2, 0) is 23.7 Å². The number of carbonyl (C=O) groups excluding carboxylic acids is 1. The summed E-state index contributed by atoms with van der Waals surface area (Å²) in [6.07, 6.45) is 7.18. The first-order chi connectivity index (χ1) is 15.2. The van der Waals surface area contributed by atoms with Gasteiger partial charge in [-0.1, -0.05) is 43.1 Å². The van der Waals surface area contributed by atoms with Crippen LogP contribution in [0.5, 0.6) is 0 Å². The summed E-state index contributed by atoms with van der Waals surface area (Å²) in [6.45, 7) is 4.02. The summed E-state index contributed by atoms with van der Waals surface area (Å²) in [5, 5.41) is 14.9. The summed E-state index contributed by atoms with van der Waals surface area (Å²) in [6, 6.07) is 7.58. The van der Waals surface area contributed by atoms with Crippen molar-refractivity contribution in [3.05, 3.63) is 63.7 Å². The maximum atomic E-state index is 12.7. The number of aromatic nitrogens is 4. The van der Waals surface area contributed by atoms with Crippen LogP contribution >= 0.6 is 23.2 Å². The van der Waals surface area contributed by atoms with Crippen LogP contribution in [0.4, 0.5) is 0 Å². The van der Waals surface area contributed by atoms with Gasteiger partial charge in [0.25, 0.3) is 0 Å². The van der Waals surface area contributed by atoms with Crippen LogP contribution in [0.2, 0.25) is 10.0 Å². The molecule has 2 aliphatic rings. The molecule has 2 aliphatic carbocycles. The molecule has 1 aromatic carbocycles. The number of halogens is 2. The van der Waals surface area contributed by atoms with Crippen LogP contribution in [0, 0.1) is 23.2 Å². The third-order valence-corrected chi connectivity index (χ3v) is 7.66. The maximum absolute atomic E-state index is 12.7. The van der Waals surface area contributed by atoms with E-state index in [0.29, 0.717) is 10.0 Å². The average Bonchev–Trinajstić information content (AvgIpc) is 3.36. The monoisotopic (exact) mass is 465 g/mol. The Morgan fingerprint density at radius 3 is 2.72 bits per heavy atom. The molecule has 2 heterocycles. The molecular weight excluding hydrogens is 445 g/mol. The molecule has 3 atom stereocenters. The van der Waals surface area contributed by atoms with Crippen molar-refractivity contribution in [1.29, 1.82) is 5.26 Å². The summed E-state index contributed by atoms with van der Waals surface area (Å²) in [5.41, 5.74) is 3.38. The highest BCUT2D eigenvalue weighted by Gasteiger charge is 2.50. The zero-order valence-electron chi connectivity index (χ0n) is 17.9. The van der Waals surface area contributed by atoms with Crippen molar-refractivity contribution < 1.29 is 4.79 Å². The number of nitriles is 1. The highest BCUT2D eigenvalue weighted by Crippen LogP contribution is 2.50. The fourth-order valence-electron chi connectivity index (χ4n) is 5.35. The average molecular weight is 466 g/mol. The zero-order chi connectivity index (χ0) is 22.8. The number of allylic oxidation sites excluding steroid dienone is 2. The number of hydrogen-bond acceptors (Lipinski definition) is 4. The lowest BCUT2D eigenvalue weighted by Gasteiger charge is -2.44. The Kier molecular flexibility index (Phi) is 4.81. The van der Waals surface area contributed by atoms with Gasteiger partial charge in [0.1, 0.15) is 11.9 Å². The fraction of sp³-hybridized carbons (Fsp3) is 0.333. The minimum absolute atomic E-state index is 0.0742. The van der Waals surface area contributed by atoms with Gasteiger partial charge < -0.3 is 0 Å². The molecule has 0 spiro atoms. The SMILES string of the molecule is C[C@H]1C(=O)C(C#N)=C[C@@]2(C)c3nc(-c4ccc(Cl)c(Cl)c4)n(-c4cnn(C)c4)c3CC[C@H]12. The molecule has 6 nitrogen and oxygen atoms in total. The smallest absolute Gasteiger partial charge is 0.176 e. The van der Waals surface area contributed by atoms with Crippen LogP contribution in [0.25, 0.3) is 17.1 Å². The number of carbonyl (C=O) groups is 1. The molecule has 162 valence electrons. The molecule has 0 aliphatic heterocycles. The van der Waals surface area contributed by atoms with Gasteiger partial charge in [-0.15, -0.1) is 0 Å². The standard InChI is InChI=1S/C24H21Cl2N5O/c1-13-17-5-7-20-22(24(17,2)9-15(10-27)21(13)32)29-23(14-4-6-18(25)19(26)8-14)31(20)16-11-28-30(3)12-16/h4,6,8-9,11-13,17H,5,7H2,1-3H3/t13-,17-,24-/m1/s1. The number of fused-ring (bicyclic) bond motifs is 3. The third-order valence-electron chi connectivity index (χ3n) is 6.92. The number of rotatable bonds is 2. The number of ketones is 1. The summed E-state index contributed by atoms with van der Waals surface area (Å²) < 4.78 is 3.87. The molecule has 8 heteroatoms. The molecule has 0 N–H and O–H groups in total. The Balaban J connectivity index is 1.80. The summed E-state index contributed by atoms with van der Waals surface area (Å²) in [5.74, 6) is 0.512. The van der Waals surface area contributed by atoms with E-state index in [0.717, 1.165) is 41.3 Å². The quantitative estimate of drug-likeness (QED) is 0.529. The minimum Gasteiger partial charge on any atom is -0.293 e. The van der Waals surface area contributed by atoms with Crippen molar-refractivity contribution >= 4 is 29.0 Å². The first-order valence-corrected chi connectivity index (χ1v) is 11.2. The van der Waals surface area contributed by atoms with Crippen LogP contribution in [0.15, 0.2) is 42.2 Å². The Morgan fingerprint density at radius 1 is 1.28 bits per heavy atom. The Labute approximate surface area is 196 Å². The summed E-state index contributed by atoms with van der Waals surface area (Å²) in [4.78, 5) is 17.8. The molecule has 2 aromatic heterocycles. The maximum Gasteiger partial charge on any atom is 0.176 e. The van der Waals surface area contributed by atoms with Crippen LogP contribution < -0.4 is 0 Å². The largest absolute Gasteiger partial charge is 0.293 e. The molecule has 0 saturated heterocycles. The second-order valence-corrected chi connectivity index (χ2v) is 9.63. The lowest BCUT2D eigenvalue weighted by Crippen LogP contribution is -2.45. The fourth-order valence-corrected chi connectivity index (χ4v) is 5.64. The zero-order valence-corrected chi connectivity index (χ0v) is 19.4. The number of imidazole rings is 1. The van der Waals surface area contributed by atoms with Crippen molar-refractivity contribution in [3.63, 3.8) is 0 Å². The molecule has 5 rings (SSSR count). The van der Waals surface area contributed by atoms with Crippen molar-refractivity contribution in [2.75, 3.05) is 0 Å². The summed E-state index contributed by atoms with van der Waals surface area (Å²) in [7, 11) is 1.87. The van der Waals surface area contributed by atoms with Gasteiger partial charge in [-0.25, -0.2) is 4.98 Å². The van der Waals surface area contributed by atoms with Gasteiger partial charge in [0.2, 0.25) is 0 Å². The van der Waals surface area contributed by atoms with Gasteiger partial charge in [0, 0.05) is 35.8 Å². The Bertz CT molecular complexity index is 1340. The van der Waals surface area contributed by atoms with E-state index in [1.165, 1.54) is 0 Å². The topological polar surface area (TPSA) is 76.5 Å². The van der Waals surface area contributed by atoms with E-state index in [2.05, 4.69) is 22.7 Å². The normalized spacial score (nSPS) is 24.5. The minimum atomic E-state index is -0.523. The first-order valence-electron chi connectivity index (χ1n) is 10.5. The lowest BCUT2D eigenvalue weighted by atomic mass is 9.58. The number of aryl methyl sites for hydroxylation is 1. The van der Waals surface area contributed by atoms with Crippen LogP contribution in [0.1, 0.15) is 31.7 Å². The van der Waals surface area contributed by atoms with Crippen molar-refractivity contribution in [1.82, 2.24) is 19.3 Å². The number of Topliss-reactive ketones (excluding diaryl/α,β-unsaturated/α-hetero) is 1. The molecule has 0 fully saturated rings. The highest BCUT2D eigenvalue weighted by molar-refractivity contribution is 6.42. The van der Waals surface area contributed by atoms with Gasteiger partial charge >= 0.3 is 0 Å². The van der Waals surface area contributed by atoms with Crippen LogP contribution in [0.3, 0.4) is 0 Å². The van der Waals surface area contributed by atoms with Crippen molar-refractivity contribution in [3.8, 4) is 23.1 Å². The van der Waals surface area contributed by atoms with E-state index in [9.17, 15) is 10.1 Å². The van der Waals surface area contributed by atoms with E-state index < -0.39 is 5.41 Å². The Hall–Kier alpha value is -2.88. The third kappa shape index (κ3) is 2.96. The van der Waals surface area contributed by atoms with E-state index in [1.807, 2.05) is 38.4 Å². The first kappa shape index (κ1) is 21.0. The van der Waals surface area contributed by atoms with Gasteiger partial charge in [-0.05, 0) is 37.0 Å². The van der Waals surface area contributed by atoms with Gasteiger partial charge in [-0.2, -0.15) is 10.4 Å². The van der Waals surface area contributed by atoms with Gasteiger partial charge in [-0.3, -0.25) is 14.0 Å². The van der Waals surface area contributed by atoms with Gasteiger partial charge in [0.15, 0.2) is 5.78 Å². The number of nitrogens with zero attached hydrogens (tertiary/aromatic N) is 5. The second-order valence-electron chi connectivity index (χ2n) is 8.82. The molecule has 0 radical (unpaired) electrons. The second kappa shape index (κ2) is 7.33. The number of benzene rings is 1. The van der Waals surface area contributed by atoms with Crippen molar-refractivity contribution in [2.24, 2.45) is 18.9 Å². The molecule has 0 amide bonds. The number of hydrogen-bond donors (Lipinski definition) is 0. The molecule has 32 heavy (non-hydrogen) atoms. The van der Waals surface area contributed by atoms with Crippen LogP contribution in [-0.4, -0.2) is 25.1 Å². The van der Waals surface area contributed by atoms with E-state index in [-0.39, 0.29) is 23.2 Å². The van der Waals surface area contributed by atoms with Crippen molar-refractivity contribution in [2.45, 2.75) is 32.1 Å². The van der Waals surface area contributed by atoms with E-state index in [1.54, 1.807) is 16.9 Å².